The van der Waals surface area contributed by atoms with E-state index >= 15 is 0 Å². The molecule has 2 rings (SSSR count). The highest BCUT2D eigenvalue weighted by atomic mass is 32.2. The van der Waals surface area contributed by atoms with Gasteiger partial charge in [-0.25, -0.2) is 0 Å². The van der Waals surface area contributed by atoms with Gasteiger partial charge in [0.25, 0.3) is 0 Å². The number of nitrogens with zero attached hydrogens (tertiary/aromatic N) is 5. The molecule has 2 heterocycles. The fraction of sp³-hybridized carbons (Fsp3) is 0.455. The molecule has 0 spiro atoms. The van der Waals surface area contributed by atoms with Crippen LogP contribution in [0, 0.1) is 6.92 Å². The average molecular weight is 281 g/mol. The zero-order valence-electron chi connectivity index (χ0n) is 11.0. The molecule has 7 nitrogen and oxygen atoms in total. The lowest BCUT2D eigenvalue weighted by Crippen LogP contribution is -2.04. The van der Waals surface area contributed by atoms with E-state index in [9.17, 15) is 4.79 Å². The van der Waals surface area contributed by atoms with Crippen LogP contribution in [-0.2, 0) is 18.3 Å². The predicted octanol–water partition coefficient (Wildman–Crippen LogP) is 1.05. The van der Waals surface area contributed by atoms with E-state index in [-0.39, 0.29) is 5.75 Å². The molecule has 0 atom stereocenters. The maximum absolute atomic E-state index is 10.7. The minimum absolute atomic E-state index is 0.0405. The molecule has 0 unspecified atom stereocenters. The maximum atomic E-state index is 10.7. The fourth-order valence-corrected chi connectivity index (χ4v) is 2.48. The van der Waals surface area contributed by atoms with Crippen molar-refractivity contribution >= 4 is 17.7 Å². The topological polar surface area (TPSA) is 85.8 Å². The normalized spacial score (nSPS) is 10.9. The largest absolute Gasteiger partial charge is 0.481 e. The van der Waals surface area contributed by atoms with E-state index in [2.05, 4.69) is 15.3 Å². The molecule has 0 saturated heterocycles. The van der Waals surface area contributed by atoms with Crippen LogP contribution in [-0.4, -0.2) is 41.4 Å². The third kappa shape index (κ3) is 2.78. The van der Waals surface area contributed by atoms with E-state index in [4.69, 9.17) is 5.11 Å². The summed E-state index contributed by atoms with van der Waals surface area (Å²) < 4.78 is 3.59. The van der Waals surface area contributed by atoms with Gasteiger partial charge in [-0.15, -0.1) is 10.2 Å². The Morgan fingerprint density at radius 2 is 2.21 bits per heavy atom. The second-order valence-corrected chi connectivity index (χ2v) is 4.99. The number of aromatic nitrogens is 5. The molecule has 0 aromatic carbocycles. The van der Waals surface area contributed by atoms with Crippen LogP contribution in [0.2, 0.25) is 0 Å². The average Bonchev–Trinajstić information content (AvgIpc) is 2.89. The summed E-state index contributed by atoms with van der Waals surface area (Å²) in [7, 11) is 1.84. The molecule has 2 aromatic heterocycles. The third-order valence-electron chi connectivity index (χ3n) is 2.57. The van der Waals surface area contributed by atoms with Crippen molar-refractivity contribution in [1.29, 1.82) is 0 Å². The van der Waals surface area contributed by atoms with Crippen molar-refractivity contribution in [2.75, 3.05) is 5.75 Å². The van der Waals surface area contributed by atoms with Crippen molar-refractivity contribution in [2.45, 2.75) is 25.4 Å². The lowest BCUT2D eigenvalue weighted by molar-refractivity contribution is -0.133. The second-order valence-electron chi connectivity index (χ2n) is 4.04. The Morgan fingerprint density at radius 1 is 1.47 bits per heavy atom. The van der Waals surface area contributed by atoms with Crippen LogP contribution in [0.5, 0.6) is 0 Å². The minimum Gasteiger partial charge on any atom is -0.481 e. The van der Waals surface area contributed by atoms with Crippen molar-refractivity contribution < 1.29 is 9.90 Å². The smallest absolute Gasteiger partial charge is 0.313 e. The highest BCUT2D eigenvalue weighted by Gasteiger charge is 2.17. The summed E-state index contributed by atoms with van der Waals surface area (Å²) in [5.74, 6) is -0.120. The van der Waals surface area contributed by atoms with Crippen molar-refractivity contribution in [1.82, 2.24) is 24.5 Å². The molecule has 102 valence electrons. The maximum Gasteiger partial charge on any atom is 0.313 e. The number of rotatable bonds is 5. The molecule has 0 radical (unpaired) electrons. The van der Waals surface area contributed by atoms with Crippen molar-refractivity contribution in [2.24, 2.45) is 7.05 Å². The van der Waals surface area contributed by atoms with Gasteiger partial charge < -0.3 is 5.11 Å². The van der Waals surface area contributed by atoms with Crippen molar-refractivity contribution in [3.05, 3.63) is 17.7 Å². The molecule has 0 aliphatic rings. The van der Waals surface area contributed by atoms with Crippen LogP contribution in [0.1, 0.15) is 18.4 Å². The SMILES string of the molecule is CCc1nnc(SCC(=O)O)n1-c1cn(C)nc1C. The Kier molecular flexibility index (Phi) is 3.89. The highest BCUT2D eigenvalue weighted by Crippen LogP contribution is 2.23. The molecule has 19 heavy (non-hydrogen) atoms. The molecular weight excluding hydrogens is 266 g/mol. The quantitative estimate of drug-likeness (QED) is 0.824. The summed E-state index contributed by atoms with van der Waals surface area (Å²) in [4.78, 5) is 10.7. The number of carbonyl (C=O) groups is 1. The summed E-state index contributed by atoms with van der Waals surface area (Å²) in [5, 5.41) is 21.8. The predicted molar refractivity (Wildman–Crippen MR) is 70.6 cm³/mol. The van der Waals surface area contributed by atoms with Crippen LogP contribution < -0.4 is 0 Å². The number of carboxylic acids is 1. The standard InChI is InChI=1S/C11H15N5O2S/c1-4-9-12-13-11(19-6-10(17)18)16(9)8-5-15(3)14-7(8)2/h5H,4,6H2,1-3H3,(H,17,18). The number of aryl methyl sites for hydroxylation is 3. The van der Waals surface area contributed by atoms with Gasteiger partial charge in [0.1, 0.15) is 5.82 Å². The third-order valence-corrected chi connectivity index (χ3v) is 3.48. The van der Waals surface area contributed by atoms with Gasteiger partial charge >= 0.3 is 5.97 Å². The van der Waals surface area contributed by atoms with E-state index in [1.807, 2.05) is 31.7 Å². The molecule has 1 N–H and O–H groups in total. The van der Waals surface area contributed by atoms with Gasteiger partial charge in [-0.3, -0.25) is 14.0 Å². The monoisotopic (exact) mass is 281 g/mol. The van der Waals surface area contributed by atoms with Gasteiger partial charge in [0.2, 0.25) is 0 Å². The number of thioether (sulfide) groups is 1. The van der Waals surface area contributed by atoms with Crippen LogP contribution >= 0.6 is 11.8 Å². The summed E-state index contributed by atoms with van der Waals surface area (Å²) in [6.07, 6.45) is 2.59. The first-order valence-corrected chi connectivity index (χ1v) is 6.81. The van der Waals surface area contributed by atoms with Gasteiger partial charge in [-0.1, -0.05) is 18.7 Å². The van der Waals surface area contributed by atoms with Crippen LogP contribution in [0.15, 0.2) is 11.4 Å². The number of aliphatic carboxylic acids is 1. The van der Waals surface area contributed by atoms with Crippen LogP contribution in [0.4, 0.5) is 0 Å². The second kappa shape index (κ2) is 5.43. The molecule has 0 aliphatic heterocycles. The Morgan fingerprint density at radius 3 is 2.74 bits per heavy atom. The molecular formula is C11H15N5O2S. The zero-order valence-corrected chi connectivity index (χ0v) is 11.8. The summed E-state index contributed by atoms with van der Waals surface area (Å²) in [5.41, 5.74) is 1.74. The van der Waals surface area contributed by atoms with Gasteiger partial charge in [-0.05, 0) is 6.92 Å². The van der Waals surface area contributed by atoms with Gasteiger partial charge in [-0.2, -0.15) is 5.10 Å². The Bertz CT molecular complexity index is 604. The molecule has 0 saturated carbocycles. The molecule has 0 amide bonds. The number of hydrogen-bond donors (Lipinski definition) is 1. The Balaban J connectivity index is 2.44. The molecule has 2 aromatic rings. The Labute approximate surface area is 114 Å². The summed E-state index contributed by atoms with van der Waals surface area (Å²) in [6, 6.07) is 0. The summed E-state index contributed by atoms with van der Waals surface area (Å²) in [6.45, 7) is 3.89. The van der Waals surface area contributed by atoms with Gasteiger partial charge in [0, 0.05) is 19.7 Å². The summed E-state index contributed by atoms with van der Waals surface area (Å²) >= 11 is 1.16. The first-order chi connectivity index (χ1) is 9.02. The van der Waals surface area contributed by atoms with E-state index < -0.39 is 5.97 Å². The minimum atomic E-state index is -0.875. The zero-order chi connectivity index (χ0) is 14.0. The van der Waals surface area contributed by atoms with E-state index in [1.165, 1.54) is 0 Å². The Hall–Kier alpha value is -1.83. The number of carboxylic acid groups (broad SMARTS) is 1. The molecule has 0 aliphatic carbocycles. The highest BCUT2D eigenvalue weighted by molar-refractivity contribution is 7.99. The lowest BCUT2D eigenvalue weighted by Gasteiger charge is -2.06. The fourth-order valence-electron chi connectivity index (χ4n) is 1.80. The van der Waals surface area contributed by atoms with E-state index in [1.54, 1.807) is 4.68 Å². The van der Waals surface area contributed by atoms with Crippen LogP contribution in [0.25, 0.3) is 5.69 Å². The van der Waals surface area contributed by atoms with Crippen LogP contribution in [0.3, 0.4) is 0 Å². The van der Waals surface area contributed by atoms with E-state index in [0.717, 1.165) is 35.4 Å². The first-order valence-electron chi connectivity index (χ1n) is 5.82. The van der Waals surface area contributed by atoms with Gasteiger partial charge in [0.05, 0.1) is 17.1 Å². The van der Waals surface area contributed by atoms with Crippen molar-refractivity contribution in [3.8, 4) is 5.69 Å². The van der Waals surface area contributed by atoms with Gasteiger partial charge in [0.15, 0.2) is 5.16 Å². The molecule has 0 bridgehead atoms. The molecule has 8 heteroatoms. The van der Waals surface area contributed by atoms with E-state index in [0.29, 0.717) is 5.16 Å². The van der Waals surface area contributed by atoms with Crippen molar-refractivity contribution in [3.63, 3.8) is 0 Å². The molecule has 0 fully saturated rings. The lowest BCUT2D eigenvalue weighted by atomic mass is 10.3. The number of hydrogen-bond acceptors (Lipinski definition) is 5. The first kappa shape index (κ1) is 13.6.